The molecule has 0 spiro atoms. The van der Waals surface area contributed by atoms with Gasteiger partial charge in [-0.3, -0.25) is 4.79 Å². The van der Waals surface area contributed by atoms with E-state index in [0.29, 0.717) is 13.1 Å². The van der Waals surface area contributed by atoms with E-state index in [1.165, 1.54) is 7.11 Å². The Balaban J connectivity index is 2.04. The van der Waals surface area contributed by atoms with Crippen molar-refractivity contribution >= 4 is 17.2 Å². The van der Waals surface area contributed by atoms with Crippen LogP contribution in [0.5, 0.6) is 0 Å². The summed E-state index contributed by atoms with van der Waals surface area (Å²) < 4.78 is 10.2. The Labute approximate surface area is 110 Å². The molecule has 2 rings (SSSR count). The minimum Gasteiger partial charge on any atom is -0.467 e. The molecule has 2 aromatic heterocycles. The van der Waals surface area contributed by atoms with Crippen molar-refractivity contribution in [3.63, 3.8) is 0 Å². The molecule has 18 heavy (non-hydrogen) atoms. The van der Waals surface area contributed by atoms with Crippen LogP contribution >= 0.6 is 11.3 Å². The van der Waals surface area contributed by atoms with Gasteiger partial charge in [0.05, 0.1) is 19.4 Å². The van der Waals surface area contributed by atoms with Crippen LogP contribution in [0.3, 0.4) is 0 Å². The molecule has 0 N–H and O–H groups in total. The lowest BCUT2D eigenvalue weighted by Crippen LogP contribution is -2.32. The highest BCUT2D eigenvalue weighted by Gasteiger charge is 2.15. The van der Waals surface area contributed by atoms with Crippen molar-refractivity contribution in [2.24, 2.45) is 0 Å². The fraction of sp³-hybridized carbons (Fsp3) is 0.308. The van der Waals surface area contributed by atoms with Crippen LogP contribution < -0.4 is 0 Å². The van der Waals surface area contributed by atoms with Gasteiger partial charge in [-0.05, 0) is 23.6 Å². The fourth-order valence-corrected chi connectivity index (χ4v) is 2.35. The summed E-state index contributed by atoms with van der Waals surface area (Å²) in [6.45, 7) is 1.14. The summed E-state index contributed by atoms with van der Waals surface area (Å²) in [7, 11) is 1.52. The molecule has 5 heteroatoms. The monoisotopic (exact) mass is 265 g/mol. The molecule has 96 valence electrons. The van der Waals surface area contributed by atoms with Gasteiger partial charge in [-0.1, -0.05) is 6.07 Å². The Hall–Kier alpha value is -1.59. The van der Waals surface area contributed by atoms with E-state index in [1.807, 2.05) is 29.6 Å². The predicted octanol–water partition coefficient (Wildman–Crippen LogP) is 2.52. The van der Waals surface area contributed by atoms with E-state index in [0.717, 1.165) is 10.6 Å². The summed E-state index contributed by atoms with van der Waals surface area (Å²) in [5.74, 6) is 0.735. The molecule has 0 aliphatic heterocycles. The van der Waals surface area contributed by atoms with Crippen molar-refractivity contribution in [2.75, 3.05) is 13.7 Å². The molecule has 0 unspecified atom stereocenters. The van der Waals surface area contributed by atoms with Gasteiger partial charge >= 0.3 is 0 Å². The molecule has 0 atom stereocenters. The summed E-state index contributed by atoms with van der Waals surface area (Å²) in [5, 5.41) is 2.00. The van der Waals surface area contributed by atoms with Gasteiger partial charge in [-0.2, -0.15) is 0 Å². The topological polar surface area (TPSA) is 42.7 Å². The maximum absolute atomic E-state index is 12.0. The first kappa shape index (κ1) is 12.9. The molecule has 4 nitrogen and oxygen atoms in total. The van der Waals surface area contributed by atoms with E-state index in [1.54, 1.807) is 22.5 Å². The quantitative estimate of drug-likeness (QED) is 0.806. The zero-order valence-electron chi connectivity index (χ0n) is 10.2. The molecule has 0 saturated carbocycles. The van der Waals surface area contributed by atoms with Crippen molar-refractivity contribution < 1.29 is 13.9 Å². The highest BCUT2D eigenvalue weighted by Crippen LogP contribution is 2.15. The molecule has 0 aliphatic rings. The van der Waals surface area contributed by atoms with Crippen molar-refractivity contribution in [3.05, 3.63) is 46.5 Å². The first-order chi connectivity index (χ1) is 8.79. The minimum atomic E-state index is -0.0395. The number of thiophene rings is 1. The lowest BCUT2D eigenvalue weighted by Gasteiger charge is -2.20. The van der Waals surface area contributed by atoms with E-state index >= 15 is 0 Å². The molecule has 1 amide bonds. The molecule has 0 aliphatic carbocycles. The Kier molecular flexibility index (Phi) is 4.55. The zero-order valence-corrected chi connectivity index (χ0v) is 11.0. The third-order valence-electron chi connectivity index (χ3n) is 2.47. The minimum absolute atomic E-state index is 0.0395. The van der Waals surface area contributed by atoms with Crippen molar-refractivity contribution in [2.45, 2.75) is 13.1 Å². The number of methoxy groups -OCH3 is 1. The van der Waals surface area contributed by atoms with E-state index < -0.39 is 0 Å². The Morgan fingerprint density at radius 2 is 2.28 bits per heavy atom. The second-order valence-electron chi connectivity index (χ2n) is 3.84. The van der Waals surface area contributed by atoms with Gasteiger partial charge in [0.15, 0.2) is 0 Å². The van der Waals surface area contributed by atoms with Crippen molar-refractivity contribution in [1.29, 1.82) is 0 Å². The molecular weight excluding hydrogens is 250 g/mol. The number of hydrogen-bond acceptors (Lipinski definition) is 4. The van der Waals surface area contributed by atoms with Crippen LogP contribution in [0.25, 0.3) is 0 Å². The first-order valence-corrected chi connectivity index (χ1v) is 6.49. The van der Waals surface area contributed by atoms with E-state index in [9.17, 15) is 4.79 Å². The third kappa shape index (κ3) is 3.45. The Morgan fingerprint density at radius 3 is 2.89 bits per heavy atom. The summed E-state index contributed by atoms with van der Waals surface area (Å²) in [6.07, 6.45) is 1.61. The number of rotatable bonds is 6. The van der Waals surface area contributed by atoms with Gasteiger partial charge in [0.1, 0.15) is 12.4 Å². The summed E-state index contributed by atoms with van der Waals surface area (Å²) >= 11 is 1.63. The van der Waals surface area contributed by atoms with Gasteiger partial charge in [0.25, 0.3) is 0 Å². The SMILES string of the molecule is COCC(=O)N(Cc1ccco1)Cc1cccs1. The van der Waals surface area contributed by atoms with Crippen LogP contribution in [0.15, 0.2) is 40.3 Å². The van der Waals surface area contributed by atoms with E-state index in [2.05, 4.69) is 0 Å². The first-order valence-electron chi connectivity index (χ1n) is 5.61. The standard InChI is InChI=1S/C13H15NO3S/c1-16-10-13(15)14(8-11-4-2-6-17-11)9-12-5-3-7-18-12/h2-7H,8-10H2,1H3. The van der Waals surface area contributed by atoms with Crippen LogP contribution in [0.1, 0.15) is 10.6 Å². The number of nitrogens with zero attached hydrogens (tertiary/aromatic N) is 1. The summed E-state index contributed by atoms with van der Waals surface area (Å²) in [4.78, 5) is 14.8. The van der Waals surface area contributed by atoms with Crippen LogP contribution in [-0.2, 0) is 22.6 Å². The van der Waals surface area contributed by atoms with Crippen LogP contribution in [0.2, 0.25) is 0 Å². The number of carbonyl (C=O) groups excluding carboxylic acids is 1. The highest BCUT2D eigenvalue weighted by molar-refractivity contribution is 7.09. The smallest absolute Gasteiger partial charge is 0.249 e. The highest BCUT2D eigenvalue weighted by atomic mass is 32.1. The molecule has 0 aromatic carbocycles. The molecule has 2 aromatic rings. The van der Waals surface area contributed by atoms with Gasteiger partial charge in [-0.25, -0.2) is 0 Å². The normalized spacial score (nSPS) is 10.5. The Bertz CT molecular complexity index is 428. The maximum atomic E-state index is 12.0. The van der Waals surface area contributed by atoms with E-state index in [-0.39, 0.29) is 12.5 Å². The molecule has 2 heterocycles. The number of carbonyl (C=O) groups is 1. The van der Waals surface area contributed by atoms with Gasteiger partial charge in [0, 0.05) is 12.0 Å². The van der Waals surface area contributed by atoms with Crippen LogP contribution in [0, 0.1) is 0 Å². The number of furan rings is 1. The zero-order chi connectivity index (χ0) is 12.8. The average molecular weight is 265 g/mol. The Morgan fingerprint density at radius 1 is 1.39 bits per heavy atom. The van der Waals surface area contributed by atoms with Gasteiger partial charge < -0.3 is 14.1 Å². The molecule has 0 fully saturated rings. The lowest BCUT2D eigenvalue weighted by atomic mass is 10.3. The summed E-state index contributed by atoms with van der Waals surface area (Å²) in [5.41, 5.74) is 0. The maximum Gasteiger partial charge on any atom is 0.249 e. The largest absolute Gasteiger partial charge is 0.467 e. The predicted molar refractivity (Wildman–Crippen MR) is 69.2 cm³/mol. The molecular formula is C13H15NO3S. The molecule has 0 saturated heterocycles. The van der Waals surface area contributed by atoms with Crippen molar-refractivity contribution in [1.82, 2.24) is 4.90 Å². The van der Waals surface area contributed by atoms with Gasteiger partial charge in [0.2, 0.25) is 5.91 Å². The van der Waals surface area contributed by atoms with Crippen molar-refractivity contribution in [3.8, 4) is 0 Å². The molecule has 0 radical (unpaired) electrons. The molecule has 0 bridgehead atoms. The number of ether oxygens (including phenoxy) is 1. The van der Waals surface area contributed by atoms with Crippen LogP contribution in [0.4, 0.5) is 0 Å². The number of hydrogen-bond donors (Lipinski definition) is 0. The number of amides is 1. The van der Waals surface area contributed by atoms with Gasteiger partial charge in [-0.15, -0.1) is 11.3 Å². The van der Waals surface area contributed by atoms with E-state index in [4.69, 9.17) is 9.15 Å². The average Bonchev–Trinajstić information content (AvgIpc) is 3.01. The second-order valence-corrected chi connectivity index (χ2v) is 4.87. The lowest BCUT2D eigenvalue weighted by molar-refractivity contribution is -0.136. The van der Waals surface area contributed by atoms with Crippen LogP contribution in [-0.4, -0.2) is 24.5 Å². The fourth-order valence-electron chi connectivity index (χ4n) is 1.63. The second kappa shape index (κ2) is 6.37. The third-order valence-corrected chi connectivity index (χ3v) is 3.34. The summed E-state index contributed by atoms with van der Waals surface area (Å²) in [6, 6.07) is 7.67.